The zero-order chi connectivity index (χ0) is 14.6. The molecule has 0 saturated carbocycles. The van der Waals surface area contributed by atoms with Crippen molar-refractivity contribution in [1.29, 1.82) is 5.41 Å². The van der Waals surface area contributed by atoms with Crippen molar-refractivity contribution in [2.45, 2.75) is 52.4 Å². The van der Waals surface area contributed by atoms with E-state index in [0.717, 1.165) is 24.3 Å². The van der Waals surface area contributed by atoms with E-state index in [1.807, 2.05) is 31.2 Å². The van der Waals surface area contributed by atoms with Gasteiger partial charge in [0.1, 0.15) is 5.75 Å². The van der Waals surface area contributed by atoms with Crippen molar-refractivity contribution in [3.8, 4) is 5.75 Å². The van der Waals surface area contributed by atoms with E-state index in [0.29, 0.717) is 6.61 Å². The van der Waals surface area contributed by atoms with Gasteiger partial charge in [0.05, 0.1) is 13.2 Å². The standard InChI is InChI=1S/C17H27NO2/c1-3-5-6-7-8-9-14-20-16-12-10-15(11-13-16)17(18)19-4-2/h10-13,18H,3-9,14H2,1-2H3. The van der Waals surface area contributed by atoms with E-state index in [4.69, 9.17) is 14.9 Å². The second-order valence-corrected chi connectivity index (χ2v) is 4.90. The average molecular weight is 277 g/mol. The Kier molecular flexibility index (Phi) is 8.52. The van der Waals surface area contributed by atoms with Crippen molar-refractivity contribution < 1.29 is 9.47 Å². The molecule has 0 bridgehead atoms. The van der Waals surface area contributed by atoms with Crippen LogP contribution in [0.5, 0.6) is 5.75 Å². The first-order valence-electron chi connectivity index (χ1n) is 7.72. The van der Waals surface area contributed by atoms with Gasteiger partial charge in [-0.2, -0.15) is 0 Å². The molecule has 0 heterocycles. The van der Waals surface area contributed by atoms with Gasteiger partial charge in [0.25, 0.3) is 0 Å². The molecule has 3 nitrogen and oxygen atoms in total. The zero-order valence-corrected chi connectivity index (χ0v) is 12.8. The van der Waals surface area contributed by atoms with Crippen molar-refractivity contribution in [2.24, 2.45) is 0 Å². The molecule has 0 radical (unpaired) electrons. The Labute approximate surface area is 122 Å². The van der Waals surface area contributed by atoms with Gasteiger partial charge in [0.15, 0.2) is 0 Å². The van der Waals surface area contributed by atoms with Crippen LogP contribution >= 0.6 is 0 Å². The van der Waals surface area contributed by atoms with Crippen LogP contribution in [0.4, 0.5) is 0 Å². The summed E-state index contributed by atoms with van der Waals surface area (Å²) in [5, 5.41) is 7.69. The summed E-state index contributed by atoms with van der Waals surface area (Å²) < 4.78 is 10.9. The number of benzene rings is 1. The molecule has 0 atom stereocenters. The van der Waals surface area contributed by atoms with E-state index < -0.39 is 0 Å². The summed E-state index contributed by atoms with van der Waals surface area (Å²) in [6, 6.07) is 7.54. The molecule has 1 rings (SSSR count). The van der Waals surface area contributed by atoms with Crippen LogP contribution < -0.4 is 4.74 Å². The first-order chi connectivity index (χ1) is 9.77. The lowest BCUT2D eigenvalue weighted by atomic mass is 10.1. The molecule has 0 aliphatic rings. The molecule has 1 aromatic carbocycles. The highest BCUT2D eigenvalue weighted by Crippen LogP contribution is 2.14. The maximum absolute atomic E-state index is 7.69. The minimum Gasteiger partial charge on any atom is -0.494 e. The number of nitrogens with one attached hydrogen (secondary N) is 1. The van der Waals surface area contributed by atoms with Crippen LogP contribution in [0.15, 0.2) is 24.3 Å². The van der Waals surface area contributed by atoms with Gasteiger partial charge in [-0.25, -0.2) is 0 Å². The fourth-order valence-electron chi connectivity index (χ4n) is 2.00. The third-order valence-corrected chi connectivity index (χ3v) is 3.17. The molecule has 0 aromatic heterocycles. The number of hydrogen-bond acceptors (Lipinski definition) is 3. The van der Waals surface area contributed by atoms with E-state index in [9.17, 15) is 0 Å². The molecule has 0 saturated heterocycles. The lowest BCUT2D eigenvalue weighted by molar-refractivity contribution is 0.304. The van der Waals surface area contributed by atoms with Crippen LogP contribution in [0.25, 0.3) is 0 Å². The molecule has 0 spiro atoms. The van der Waals surface area contributed by atoms with Gasteiger partial charge in [-0.05, 0) is 37.6 Å². The molecule has 112 valence electrons. The second kappa shape index (κ2) is 10.3. The highest BCUT2D eigenvalue weighted by atomic mass is 16.5. The van der Waals surface area contributed by atoms with Crippen LogP contribution in [-0.4, -0.2) is 19.1 Å². The second-order valence-electron chi connectivity index (χ2n) is 4.90. The van der Waals surface area contributed by atoms with Gasteiger partial charge in [-0.3, -0.25) is 5.41 Å². The van der Waals surface area contributed by atoms with E-state index in [-0.39, 0.29) is 5.90 Å². The fourth-order valence-corrected chi connectivity index (χ4v) is 2.00. The molecular weight excluding hydrogens is 250 g/mol. The van der Waals surface area contributed by atoms with Crippen LogP contribution in [-0.2, 0) is 4.74 Å². The largest absolute Gasteiger partial charge is 0.494 e. The summed E-state index contributed by atoms with van der Waals surface area (Å²) in [5.41, 5.74) is 0.791. The Morgan fingerprint density at radius 2 is 1.60 bits per heavy atom. The normalized spacial score (nSPS) is 10.3. The number of hydrogen-bond donors (Lipinski definition) is 1. The van der Waals surface area contributed by atoms with Gasteiger partial charge in [-0.15, -0.1) is 0 Å². The molecule has 0 aliphatic carbocycles. The Bertz CT molecular complexity index is 373. The Balaban J connectivity index is 2.20. The van der Waals surface area contributed by atoms with E-state index in [2.05, 4.69) is 6.92 Å². The SMILES string of the molecule is CCCCCCCCOc1ccc(C(=N)OCC)cc1. The summed E-state index contributed by atoms with van der Waals surface area (Å²) in [5.74, 6) is 1.08. The quantitative estimate of drug-likeness (QED) is 0.379. The third-order valence-electron chi connectivity index (χ3n) is 3.17. The summed E-state index contributed by atoms with van der Waals surface area (Å²) in [4.78, 5) is 0. The van der Waals surface area contributed by atoms with Gasteiger partial charge in [0, 0.05) is 5.56 Å². The van der Waals surface area contributed by atoms with E-state index in [1.54, 1.807) is 0 Å². The third kappa shape index (κ3) is 6.60. The number of ether oxygens (including phenoxy) is 2. The molecule has 20 heavy (non-hydrogen) atoms. The van der Waals surface area contributed by atoms with Crippen molar-refractivity contribution in [1.82, 2.24) is 0 Å². The maximum Gasteiger partial charge on any atom is 0.213 e. The van der Waals surface area contributed by atoms with Crippen molar-refractivity contribution in [3.63, 3.8) is 0 Å². The first-order valence-corrected chi connectivity index (χ1v) is 7.72. The van der Waals surface area contributed by atoms with Crippen LogP contribution in [0, 0.1) is 5.41 Å². The van der Waals surface area contributed by atoms with Crippen molar-refractivity contribution in [2.75, 3.05) is 13.2 Å². The molecule has 0 fully saturated rings. The molecule has 0 amide bonds. The maximum atomic E-state index is 7.69. The summed E-state index contributed by atoms with van der Waals surface area (Å²) in [6.45, 7) is 5.41. The Morgan fingerprint density at radius 3 is 2.25 bits per heavy atom. The summed E-state index contributed by atoms with van der Waals surface area (Å²) in [6.07, 6.45) is 7.63. The van der Waals surface area contributed by atoms with Crippen molar-refractivity contribution >= 4 is 5.90 Å². The predicted octanol–water partition coefficient (Wildman–Crippen LogP) is 4.79. The van der Waals surface area contributed by atoms with Crippen LogP contribution in [0.1, 0.15) is 57.9 Å². The van der Waals surface area contributed by atoms with Gasteiger partial charge in [0.2, 0.25) is 5.90 Å². The molecular formula is C17H27NO2. The molecule has 0 aliphatic heterocycles. The monoisotopic (exact) mass is 277 g/mol. The van der Waals surface area contributed by atoms with E-state index in [1.165, 1.54) is 32.1 Å². The van der Waals surface area contributed by atoms with Crippen LogP contribution in [0.2, 0.25) is 0 Å². The molecule has 1 N–H and O–H groups in total. The summed E-state index contributed by atoms with van der Waals surface area (Å²) >= 11 is 0. The molecule has 3 heteroatoms. The minimum atomic E-state index is 0.218. The van der Waals surface area contributed by atoms with Gasteiger partial charge in [-0.1, -0.05) is 39.0 Å². The topological polar surface area (TPSA) is 42.3 Å². The van der Waals surface area contributed by atoms with Gasteiger partial charge < -0.3 is 9.47 Å². The number of rotatable bonds is 10. The fraction of sp³-hybridized carbons (Fsp3) is 0.588. The Hall–Kier alpha value is -1.51. The summed E-state index contributed by atoms with van der Waals surface area (Å²) in [7, 11) is 0. The lowest BCUT2D eigenvalue weighted by Gasteiger charge is -2.08. The highest BCUT2D eigenvalue weighted by molar-refractivity contribution is 5.91. The van der Waals surface area contributed by atoms with Gasteiger partial charge >= 0.3 is 0 Å². The highest BCUT2D eigenvalue weighted by Gasteiger charge is 2.02. The van der Waals surface area contributed by atoms with Crippen LogP contribution in [0.3, 0.4) is 0 Å². The van der Waals surface area contributed by atoms with Crippen molar-refractivity contribution in [3.05, 3.63) is 29.8 Å². The minimum absolute atomic E-state index is 0.218. The molecule has 1 aromatic rings. The molecule has 0 unspecified atom stereocenters. The number of unbranched alkanes of at least 4 members (excludes halogenated alkanes) is 5. The zero-order valence-electron chi connectivity index (χ0n) is 12.8. The average Bonchev–Trinajstić information content (AvgIpc) is 2.47. The smallest absolute Gasteiger partial charge is 0.213 e. The predicted molar refractivity (Wildman–Crippen MR) is 83.8 cm³/mol. The van der Waals surface area contributed by atoms with E-state index >= 15 is 0 Å². The lowest BCUT2D eigenvalue weighted by Crippen LogP contribution is -2.04. The Morgan fingerprint density at radius 1 is 0.950 bits per heavy atom. The first kappa shape index (κ1) is 16.5.